The molecule has 0 aliphatic carbocycles. The summed E-state index contributed by atoms with van der Waals surface area (Å²) in [6.07, 6.45) is 6.92. The summed E-state index contributed by atoms with van der Waals surface area (Å²) in [5, 5.41) is 20.6. The normalized spacial score (nSPS) is 17.4. The molecule has 1 aliphatic rings. The number of pyridine rings is 1. The van der Waals surface area contributed by atoms with E-state index in [2.05, 4.69) is 27.4 Å². The van der Waals surface area contributed by atoms with Gasteiger partial charge in [0.1, 0.15) is 17.6 Å². The maximum atomic E-state index is 13.7. The van der Waals surface area contributed by atoms with E-state index in [0.29, 0.717) is 29.3 Å². The first kappa shape index (κ1) is 20.3. The average Bonchev–Trinajstić information content (AvgIpc) is 3.32. The Morgan fingerprint density at radius 1 is 1.26 bits per heavy atom. The Morgan fingerprint density at radius 2 is 2.06 bits per heavy atom. The fraction of sp³-hybridized carbons (Fsp3) is 0.261. The van der Waals surface area contributed by atoms with Gasteiger partial charge in [0.05, 0.1) is 23.6 Å². The van der Waals surface area contributed by atoms with Gasteiger partial charge in [-0.05, 0) is 49.9 Å². The van der Waals surface area contributed by atoms with Crippen LogP contribution in [-0.4, -0.2) is 37.3 Å². The number of aryl methyl sites for hydroxylation is 1. The van der Waals surface area contributed by atoms with Gasteiger partial charge >= 0.3 is 0 Å². The van der Waals surface area contributed by atoms with E-state index in [0.717, 1.165) is 24.1 Å². The van der Waals surface area contributed by atoms with Crippen molar-refractivity contribution in [2.75, 3.05) is 11.9 Å². The number of rotatable bonds is 4. The summed E-state index contributed by atoms with van der Waals surface area (Å²) in [5.74, 6) is 0.670. The zero-order valence-corrected chi connectivity index (χ0v) is 17.5. The summed E-state index contributed by atoms with van der Waals surface area (Å²) >= 11 is 0. The molecule has 31 heavy (non-hydrogen) atoms. The van der Waals surface area contributed by atoms with E-state index in [1.165, 1.54) is 4.80 Å². The van der Waals surface area contributed by atoms with E-state index in [9.17, 15) is 4.79 Å². The van der Waals surface area contributed by atoms with Gasteiger partial charge in [-0.3, -0.25) is 4.79 Å². The van der Waals surface area contributed by atoms with Crippen LogP contribution in [0.3, 0.4) is 0 Å². The number of anilines is 1. The van der Waals surface area contributed by atoms with E-state index < -0.39 is 0 Å². The van der Waals surface area contributed by atoms with Crippen LogP contribution in [0, 0.1) is 24.2 Å². The van der Waals surface area contributed by atoms with Crippen molar-refractivity contribution in [2.45, 2.75) is 26.7 Å². The van der Waals surface area contributed by atoms with Gasteiger partial charge in [0.2, 0.25) is 0 Å². The summed E-state index contributed by atoms with van der Waals surface area (Å²) in [7, 11) is 0. The van der Waals surface area contributed by atoms with E-state index in [-0.39, 0.29) is 11.8 Å². The number of nitrogens with one attached hydrogen (secondary N) is 1. The molecule has 1 aliphatic heterocycles. The number of amides is 1. The Bertz CT molecular complexity index is 1160. The first-order valence-corrected chi connectivity index (χ1v) is 10.2. The third-order valence-corrected chi connectivity index (χ3v) is 5.33. The van der Waals surface area contributed by atoms with Gasteiger partial charge in [0.15, 0.2) is 0 Å². The number of carbonyl (C=O) groups is 1. The Labute approximate surface area is 180 Å². The summed E-state index contributed by atoms with van der Waals surface area (Å²) < 4.78 is 0. The second-order valence-electron chi connectivity index (χ2n) is 7.57. The highest BCUT2D eigenvalue weighted by molar-refractivity contribution is 5.99. The molecule has 0 spiro atoms. The first-order valence-electron chi connectivity index (χ1n) is 10.2. The molecule has 8 nitrogen and oxygen atoms in total. The molecule has 1 unspecified atom stereocenters. The number of nitriles is 1. The lowest BCUT2D eigenvalue weighted by Crippen LogP contribution is -2.38. The summed E-state index contributed by atoms with van der Waals surface area (Å²) in [5.41, 5.74) is 3.42. The molecule has 1 amide bonds. The monoisotopic (exact) mass is 413 g/mol. The van der Waals surface area contributed by atoms with Crippen LogP contribution in [0.4, 0.5) is 5.82 Å². The standard InChI is InChI=1S/C23H23N7O/c1-16-8-9-20(30-26-10-11-27-30)19(13-16)23(31)29-12-4-5-17(2)21(29)15-25-22-7-3-6-18(14-24)28-22/h3,6-11,13,15,17H,4-5,12H2,1-2H3,(H,25,28)/b21-15+. The highest BCUT2D eigenvalue weighted by atomic mass is 16.2. The fourth-order valence-corrected chi connectivity index (χ4v) is 3.74. The molecule has 3 aromatic rings. The lowest BCUT2D eigenvalue weighted by molar-refractivity contribution is 0.0761. The van der Waals surface area contributed by atoms with E-state index in [1.807, 2.05) is 42.3 Å². The number of carbonyl (C=O) groups excluding carboxylic acids is 1. The van der Waals surface area contributed by atoms with Crippen LogP contribution >= 0.6 is 0 Å². The first-order chi connectivity index (χ1) is 15.1. The van der Waals surface area contributed by atoms with E-state index >= 15 is 0 Å². The molecule has 0 saturated carbocycles. The highest BCUT2D eigenvalue weighted by Gasteiger charge is 2.29. The van der Waals surface area contributed by atoms with Crippen LogP contribution in [0.15, 0.2) is 60.7 Å². The largest absolute Gasteiger partial charge is 0.345 e. The zero-order chi connectivity index (χ0) is 21.8. The number of hydrogen-bond donors (Lipinski definition) is 1. The second-order valence-corrected chi connectivity index (χ2v) is 7.57. The number of allylic oxidation sites excluding steroid dienone is 1. The minimum atomic E-state index is -0.0886. The third kappa shape index (κ3) is 4.31. The van der Waals surface area contributed by atoms with Crippen LogP contribution in [0.2, 0.25) is 0 Å². The van der Waals surface area contributed by atoms with Crippen molar-refractivity contribution >= 4 is 11.7 Å². The van der Waals surface area contributed by atoms with Crippen molar-refractivity contribution in [1.82, 2.24) is 24.9 Å². The fourth-order valence-electron chi connectivity index (χ4n) is 3.74. The van der Waals surface area contributed by atoms with E-state index in [1.54, 1.807) is 30.6 Å². The Morgan fingerprint density at radius 3 is 2.84 bits per heavy atom. The lowest BCUT2D eigenvalue weighted by atomic mass is 9.95. The molecule has 4 rings (SSSR count). The molecule has 8 heteroatoms. The molecule has 1 saturated heterocycles. The van der Waals surface area contributed by atoms with Crippen LogP contribution in [0.1, 0.15) is 41.4 Å². The number of likely N-dealkylation sites (tertiary alicyclic amines) is 1. The van der Waals surface area contributed by atoms with Gasteiger partial charge < -0.3 is 10.2 Å². The molecule has 156 valence electrons. The van der Waals surface area contributed by atoms with Gasteiger partial charge in [0, 0.05) is 18.4 Å². The van der Waals surface area contributed by atoms with Crippen LogP contribution < -0.4 is 5.32 Å². The van der Waals surface area contributed by atoms with Crippen molar-refractivity contribution in [3.8, 4) is 11.8 Å². The average molecular weight is 413 g/mol. The highest BCUT2D eigenvalue weighted by Crippen LogP contribution is 2.29. The Hall–Kier alpha value is -3.99. The van der Waals surface area contributed by atoms with Crippen LogP contribution in [-0.2, 0) is 0 Å². The number of hydrogen-bond acceptors (Lipinski definition) is 6. The van der Waals surface area contributed by atoms with Crippen molar-refractivity contribution in [1.29, 1.82) is 5.26 Å². The molecular formula is C23H23N7O. The molecule has 1 N–H and O–H groups in total. The van der Waals surface area contributed by atoms with Crippen molar-refractivity contribution in [3.63, 3.8) is 0 Å². The number of benzene rings is 1. The number of aromatic nitrogens is 4. The molecule has 3 heterocycles. The summed E-state index contributed by atoms with van der Waals surface area (Å²) in [6, 6.07) is 12.9. The third-order valence-electron chi connectivity index (χ3n) is 5.33. The molecule has 2 aromatic heterocycles. The van der Waals surface area contributed by atoms with Gasteiger partial charge in [-0.2, -0.15) is 20.3 Å². The minimum absolute atomic E-state index is 0.0886. The summed E-state index contributed by atoms with van der Waals surface area (Å²) in [6.45, 7) is 4.70. The zero-order valence-electron chi connectivity index (χ0n) is 17.5. The molecule has 1 atom stereocenters. The van der Waals surface area contributed by atoms with E-state index in [4.69, 9.17) is 5.26 Å². The predicted molar refractivity (Wildman–Crippen MR) is 116 cm³/mol. The maximum Gasteiger partial charge on any atom is 0.260 e. The number of nitrogens with zero attached hydrogens (tertiary/aromatic N) is 6. The predicted octanol–water partition coefficient (Wildman–Crippen LogP) is 3.67. The van der Waals surface area contributed by atoms with Gasteiger partial charge in [0.25, 0.3) is 5.91 Å². The van der Waals surface area contributed by atoms with Crippen LogP contribution in [0.5, 0.6) is 0 Å². The molecule has 0 bridgehead atoms. The molecular weight excluding hydrogens is 390 g/mol. The van der Waals surface area contributed by atoms with Crippen molar-refractivity contribution in [2.24, 2.45) is 5.92 Å². The Kier molecular flexibility index (Phi) is 5.76. The van der Waals surface area contributed by atoms with Crippen molar-refractivity contribution in [3.05, 3.63) is 77.5 Å². The van der Waals surface area contributed by atoms with Crippen LogP contribution in [0.25, 0.3) is 5.69 Å². The molecule has 1 fully saturated rings. The SMILES string of the molecule is Cc1ccc(-n2nccn2)c(C(=O)N2CCCC(C)/C2=C\Nc2cccc(C#N)n2)c1. The molecule has 0 radical (unpaired) electrons. The van der Waals surface area contributed by atoms with Gasteiger partial charge in [-0.1, -0.05) is 24.6 Å². The summed E-state index contributed by atoms with van der Waals surface area (Å²) in [4.78, 5) is 21.2. The second kappa shape index (κ2) is 8.79. The quantitative estimate of drug-likeness (QED) is 0.701. The maximum absolute atomic E-state index is 13.7. The smallest absolute Gasteiger partial charge is 0.260 e. The van der Waals surface area contributed by atoms with Gasteiger partial charge in [-0.15, -0.1) is 0 Å². The topological polar surface area (TPSA) is 99.7 Å². The lowest BCUT2D eigenvalue weighted by Gasteiger charge is -2.34. The number of piperidine rings is 1. The van der Waals surface area contributed by atoms with Crippen molar-refractivity contribution < 1.29 is 4.79 Å². The minimum Gasteiger partial charge on any atom is -0.345 e. The Balaban J connectivity index is 1.68. The van der Waals surface area contributed by atoms with Gasteiger partial charge in [-0.25, -0.2) is 4.98 Å². The molecule has 1 aromatic carbocycles.